The molecule has 0 heterocycles. The third-order valence-electron chi connectivity index (χ3n) is 6.31. The van der Waals surface area contributed by atoms with Crippen molar-refractivity contribution in [2.45, 2.75) is 85.8 Å². The summed E-state index contributed by atoms with van der Waals surface area (Å²) in [5.41, 5.74) is 8.87. The molecule has 0 saturated heterocycles. The van der Waals surface area contributed by atoms with Gasteiger partial charge in [0, 0.05) is 0 Å². The molecular weight excluding hydrogens is 399 g/mol. The fraction of sp³-hybridized carbons (Fsp3) is 0.538. The molecule has 1 atom stereocenters. The van der Waals surface area contributed by atoms with Gasteiger partial charge in [0.25, 0.3) is 0 Å². The van der Waals surface area contributed by atoms with E-state index in [1.54, 1.807) is 19.9 Å². The van der Waals surface area contributed by atoms with Crippen LogP contribution in [0.4, 0.5) is 0 Å². The van der Waals surface area contributed by atoms with Gasteiger partial charge in [0.05, 0.1) is 0 Å². The normalized spacial score (nSPS) is 14.2. The van der Waals surface area contributed by atoms with Gasteiger partial charge >= 0.3 is 177 Å². The molecule has 1 nitrogen and oxygen atoms in total. The SMILES string of the molecule is C[NH][Ge@@]([CH3])([c]1c(C)cc(C)cc1C)[c]1c(C(C)C)cc(C(C)C)cc1C(C)C. The van der Waals surface area contributed by atoms with Crippen LogP contribution in [0.5, 0.6) is 0 Å². The van der Waals surface area contributed by atoms with Crippen LogP contribution < -0.4 is 13.1 Å². The van der Waals surface area contributed by atoms with Crippen LogP contribution in [-0.4, -0.2) is 20.5 Å². The molecular formula is C26H41GeN. The number of rotatable bonds is 6. The molecule has 0 bridgehead atoms. The molecule has 0 spiro atoms. The Morgan fingerprint density at radius 1 is 0.679 bits per heavy atom. The second-order valence-electron chi connectivity index (χ2n) is 9.69. The Morgan fingerprint density at radius 2 is 1.11 bits per heavy atom. The summed E-state index contributed by atoms with van der Waals surface area (Å²) in [7, 11) is 2.20. The number of nitrogens with one attached hydrogen (secondary N) is 1. The standard InChI is InChI=1S/C26H41GeN/c1-16(2)22-14-23(17(3)4)26(24(15-22)18(5)6)27(10,28-11)25-20(8)12-19(7)13-21(25)9/h12-18,28H,1-11H3/t27-/m0/s1. The molecule has 2 rings (SSSR count). The van der Waals surface area contributed by atoms with Crippen molar-refractivity contribution >= 4 is 22.3 Å². The van der Waals surface area contributed by atoms with Gasteiger partial charge in [-0.15, -0.1) is 0 Å². The van der Waals surface area contributed by atoms with Crippen LogP contribution in [0.2, 0.25) is 5.76 Å². The molecule has 0 fully saturated rings. The first-order chi connectivity index (χ1) is 12.9. The van der Waals surface area contributed by atoms with Crippen molar-refractivity contribution in [1.82, 2.24) is 4.27 Å². The van der Waals surface area contributed by atoms with E-state index in [0.717, 1.165) is 0 Å². The van der Waals surface area contributed by atoms with Gasteiger partial charge in [0.1, 0.15) is 0 Å². The Bertz CT molecular complexity index is 795. The van der Waals surface area contributed by atoms with Crippen molar-refractivity contribution in [3.05, 3.63) is 57.6 Å². The fourth-order valence-electron chi connectivity index (χ4n) is 4.88. The fourth-order valence-corrected chi connectivity index (χ4v) is 14.0. The van der Waals surface area contributed by atoms with E-state index >= 15 is 0 Å². The van der Waals surface area contributed by atoms with Crippen LogP contribution in [0.15, 0.2) is 24.3 Å². The van der Waals surface area contributed by atoms with Gasteiger partial charge in [-0.1, -0.05) is 0 Å². The van der Waals surface area contributed by atoms with Gasteiger partial charge in [-0.3, -0.25) is 0 Å². The molecule has 0 aliphatic rings. The van der Waals surface area contributed by atoms with Gasteiger partial charge in [0.2, 0.25) is 0 Å². The summed E-state index contributed by atoms with van der Waals surface area (Å²) in [5, 5.41) is 0. The average Bonchev–Trinajstić information content (AvgIpc) is 2.59. The van der Waals surface area contributed by atoms with Crippen molar-refractivity contribution in [3.63, 3.8) is 0 Å². The van der Waals surface area contributed by atoms with E-state index in [0.29, 0.717) is 17.8 Å². The zero-order valence-corrected chi connectivity index (χ0v) is 22.1. The van der Waals surface area contributed by atoms with Gasteiger partial charge in [-0.25, -0.2) is 0 Å². The number of benzene rings is 2. The molecule has 0 aliphatic heterocycles. The molecule has 28 heavy (non-hydrogen) atoms. The Hall–Kier alpha value is -1.06. The summed E-state index contributed by atoms with van der Waals surface area (Å²) < 4.78 is 7.20. The summed E-state index contributed by atoms with van der Waals surface area (Å²) >= 11 is -2.77. The number of hydrogen-bond donors (Lipinski definition) is 1. The van der Waals surface area contributed by atoms with E-state index in [9.17, 15) is 0 Å². The third kappa shape index (κ3) is 4.26. The topological polar surface area (TPSA) is 12.0 Å². The first kappa shape index (κ1) is 23.2. The average molecular weight is 440 g/mol. The van der Waals surface area contributed by atoms with Crippen LogP contribution in [0.25, 0.3) is 0 Å². The van der Waals surface area contributed by atoms with Crippen LogP contribution >= 0.6 is 0 Å². The van der Waals surface area contributed by atoms with Gasteiger partial charge < -0.3 is 0 Å². The first-order valence-electron chi connectivity index (χ1n) is 10.9. The van der Waals surface area contributed by atoms with Crippen molar-refractivity contribution in [2.75, 3.05) is 7.05 Å². The van der Waals surface area contributed by atoms with Crippen LogP contribution in [0.1, 0.15) is 92.7 Å². The Labute approximate surface area is 176 Å². The van der Waals surface area contributed by atoms with E-state index in [1.165, 1.54) is 22.3 Å². The van der Waals surface area contributed by atoms with Crippen LogP contribution in [0.3, 0.4) is 0 Å². The summed E-state index contributed by atoms with van der Waals surface area (Å²) in [6.07, 6.45) is 0. The van der Waals surface area contributed by atoms with E-state index < -0.39 is 13.5 Å². The van der Waals surface area contributed by atoms with Gasteiger partial charge in [-0.2, -0.15) is 0 Å². The van der Waals surface area contributed by atoms with Crippen molar-refractivity contribution in [1.29, 1.82) is 0 Å². The predicted octanol–water partition coefficient (Wildman–Crippen LogP) is 5.89. The van der Waals surface area contributed by atoms with E-state index in [-0.39, 0.29) is 0 Å². The summed E-state index contributed by atoms with van der Waals surface area (Å²) in [5.74, 6) is 4.17. The molecule has 0 aromatic heterocycles. The molecule has 2 aromatic carbocycles. The Kier molecular flexibility index (Phi) is 7.26. The van der Waals surface area contributed by atoms with Gasteiger partial charge in [-0.05, 0) is 0 Å². The zero-order chi connectivity index (χ0) is 21.4. The van der Waals surface area contributed by atoms with Crippen molar-refractivity contribution < 1.29 is 0 Å². The Morgan fingerprint density at radius 3 is 1.43 bits per heavy atom. The quantitative estimate of drug-likeness (QED) is 0.553. The second kappa shape index (κ2) is 8.75. The molecule has 2 aromatic rings. The van der Waals surface area contributed by atoms with Crippen LogP contribution in [-0.2, 0) is 0 Å². The maximum atomic E-state index is 3.94. The third-order valence-corrected chi connectivity index (χ3v) is 15.5. The van der Waals surface area contributed by atoms with E-state index in [4.69, 9.17) is 0 Å². The monoisotopic (exact) mass is 441 g/mol. The minimum absolute atomic E-state index is 0.524. The van der Waals surface area contributed by atoms with Gasteiger partial charge in [0.15, 0.2) is 0 Å². The zero-order valence-electron chi connectivity index (χ0n) is 20.0. The summed E-state index contributed by atoms with van der Waals surface area (Å²) in [4.78, 5) is 0. The van der Waals surface area contributed by atoms with Crippen LogP contribution in [0, 0.1) is 20.8 Å². The molecule has 0 unspecified atom stereocenters. The first-order valence-corrected chi connectivity index (χ1v) is 16.1. The minimum atomic E-state index is -2.77. The maximum absolute atomic E-state index is 3.94. The predicted molar refractivity (Wildman–Crippen MR) is 129 cm³/mol. The molecule has 1 N–H and O–H groups in total. The molecule has 0 radical (unpaired) electrons. The summed E-state index contributed by atoms with van der Waals surface area (Å²) in [6, 6.07) is 9.76. The molecule has 154 valence electrons. The van der Waals surface area contributed by atoms with E-state index in [2.05, 4.69) is 104 Å². The second-order valence-corrected chi connectivity index (χ2v) is 17.6. The Balaban J connectivity index is 2.97. The number of hydrogen-bond acceptors (Lipinski definition) is 1. The van der Waals surface area contributed by atoms with Crippen molar-refractivity contribution in [2.24, 2.45) is 0 Å². The molecule has 0 amide bonds. The van der Waals surface area contributed by atoms with E-state index in [1.807, 2.05) is 0 Å². The molecule has 0 aliphatic carbocycles. The molecule has 2 heteroatoms. The molecule has 0 saturated carbocycles. The van der Waals surface area contributed by atoms with Crippen molar-refractivity contribution in [3.8, 4) is 0 Å². The summed E-state index contributed by atoms with van der Waals surface area (Å²) in [6.45, 7) is 20.9. The number of aryl methyl sites for hydroxylation is 3.